The standard InChI is InChI=1S/C20H24O4.C2H6O/c1-5-14-7-6-8-15-9-12-18(23-3)20(24-4)19(15)17(14)11-10-16(13-21)22-2;1-3-2/h5,9-13H,6-8H2,1-4H3;1-2H3/b14-5-,16-10+,17-11+;. The van der Waals surface area contributed by atoms with Gasteiger partial charge in [0, 0.05) is 19.8 Å². The van der Waals surface area contributed by atoms with Crippen LogP contribution in [0.4, 0.5) is 0 Å². The van der Waals surface area contributed by atoms with E-state index in [2.05, 4.69) is 16.9 Å². The number of allylic oxidation sites excluding steroid dienone is 6. The van der Waals surface area contributed by atoms with Gasteiger partial charge >= 0.3 is 0 Å². The molecule has 0 radical (unpaired) electrons. The van der Waals surface area contributed by atoms with E-state index in [9.17, 15) is 4.79 Å². The summed E-state index contributed by atoms with van der Waals surface area (Å²) in [7, 11) is 8.02. The van der Waals surface area contributed by atoms with E-state index in [1.165, 1.54) is 18.2 Å². The fraction of sp³-hybridized carbons (Fsp3) is 0.409. The molecule has 0 amide bonds. The number of methoxy groups -OCH3 is 4. The average molecular weight is 374 g/mol. The summed E-state index contributed by atoms with van der Waals surface area (Å²) >= 11 is 0. The summed E-state index contributed by atoms with van der Waals surface area (Å²) in [6.45, 7) is 2.03. The van der Waals surface area contributed by atoms with Gasteiger partial charge in [-0.1, -0.05) is 18.2 Å². The monoisotopic (exact) mass is 374 g/mol. The average Bonchev–Trinajstić information content (AvgIpc) is 2.87. The van der Waals surface area contributed by atoms with Gasteiger partial charge in [0.25, 0.3) is 0 Å². The molecule has 0 saturated heterocycles. The predicted octanol–water partition coefficient (Wildman–Crippen LogP) is 4.36. The zero-order valence-corrected chi connectivity index (χ0v) is 17.1. The van der Waals surface area contributed by atoms with Gasteiger partial charge in [0.2, 0.25) is 0 Å². The van der Waals surface area contributed by atoms with E-state index < -0.39 is 0 Å². The number of rotatable bonds is 5. The summed E-state index contributed by atoms with van der Waals surface area (Å²) in [6.07, 6.45) is 9.44. The van der Waals surface area contributed by atoms with E-state index in [0.717, 1.165) is 36.1 Å². The van der Waals surface area contributed by atoms with Crippen LogP contribution in [-0.4, -0.2) is 41.8 Å². The van der Waals surface area contributed by atoms with Crippen LogP contribution in [-0.2, 0) is 20.7 Å². The molecule has 0 aromatic heterocycles. The number of fused-ring (bicyclic) bond motifs is 1. The van der Waals surface area contributed by atoms with Gasteiger partial charge in [-0.3, -0.25) is 4.79 Å². The molecule has 0 spiro atoms. The van der Waals surface area contributed by atoms with Crippen LogP contribution in [0.2, 0.25) is 0 Å². The van der Waals surface area contributed by atoms with Crippen molar-refractivity contribution in [3.63, 3.8) is 0 Å². The highest BCUT2D eigenvalue weighted by Crippen LogP contribution is 2.43. The number of carbonyl (C=O) groups is 1. The van der Waals surface area contributed by atoms with Gasteiger partial charge in [-0.25, -0.2) is 0 Å². The van der Waals surface area contributed by atoms with Crippen molar-refractivity contribution < 1.29 is 23.7 Å². The Kier molecular flexibility index (Phi) is 9.98. The van der Waals surface area contributed by atoms with Crippen LogP contribution in [0.3, 0.4) is 0 Å². The molecule has 0 saturated carbocycles. The van der Waals surface area contributed by atoms with E-state index in [0.29, 0.717) is 12.0 Å². The third-order valence-electron chi connectivity index (χ3n) is 4.25. The maximum atomic E-state index is 11.0. The van der Waals surface area contributed by atoms with E-state index in [1.807, 2.05) is 19.1 Å². The Balaban J connectivity index is 0.00000114. The van der Waals surface area contributed by atoms with Crippen molar-refractivity contribution in [3.8, 4) is 11.5 Å². The lowest BCUT2D eigenvalue weighted by atomic mass is 9.93. The minimum absolute atomic E-state index is 0.283. The first-order chi connectivity index (χ1) is 13.1. The fourth-order valence-electron chi connectivity index (χ4n) is 3.05. The van der Waals surface area contributed by atoms with Crippen LogP contribution in [0.5, 0.6) is 11.5 Å². The topological polar surface area (TPSA) is 54.0 Å². The van der Waals surface area contributed by atoms with Crippen molar-refractivity contribution in [2.24, 2.45) is 0 Å². The fourth-order valence-corrected chi connectivity index (χ4v) is 3.05. The SMILES string of the molecule is C/C=C1/CCCc2ccc(OC)c(OC)c2/C1=C/C=C(\C=O)OC.COC. The summed E-state index contributed by atoms with van der Waals surface area (Å²) < 4.78 is 20.4. The maximum Gasteiger partial charge on any atom is 0.184 e. The summed E-state index contributed by atoms with van der Waals surface area (Å²) in [4.78, 5) is 11.0. The molecule has 2 rings (SSSR count). The van der Waals surface area contributed by atoms with E-state index in [-0.39, 0.29) is 5.76 Å². The first-order valence-corrected chi connectivity index (χ1v) is 8.82. The lowest BCUT2D eigenvalue weighted by Crippen LogP contribution is -2.00. The van der Waals surface area contributed by atoms with Crippen molar-refractivity contribution in [2.45, 2.75) is 26.2 Å². The molecular weight excluding hydrogens is 344 g/mol. The number of aldehydes is 1. The largest absolute Gasteiger partial charge is 0.493 e. The Morgan fingerprint density at radius 1 is 1.04 bits per heavy atom. The second-order valence-electron chi connectivity index (χ2n) is 5.88. The Labute approximate surface area is 162 Å². The molecule has 0 heterocycles. The molecule has 0 unspecified atom stereocenters. The van der Waals surface area contributed by atoms with Crippen LogP contribution < -0.4 is 9.47 Å². The Morgan fingerprint density at radius 3 is 2.26 bits per heavy atom. The van der Waals surface area contributed by atoms with E-state index in [4.69, 9.17) is 14.2 Å². The smallest absolute Gasteiger partial charge is 0.184 e. The van der Waals surface area contributed by atoms with Gasteiger partial charge in [0.15, 0.2) is 23.5 Å². The van der Waals surface area contributed by atoms with E-state index >= 15 is 0 Å². The molecule has 148 valence electrons. The molecule has 0 N–H and O–H groups in total. The van der Waals surface area contributed by atoms with Gasteiger partial charge in [-0.05, 0) is 55.0 Å². The van der Waals surface area contributed by atoms with Gasteiger partial charge in [-0.15, -0.1) is 0 Å². The van der Waals surface area contributed by atoms with Crippen molar-refractivity contribution in [1.29, 1.82) is 0 Å². The second-order valence-corrected chi connectivity index (χ2v) is 5.88. The third-order valence-corrected chi connectivity index (χ3v) is 4.25. The minimum Gasteiger partial charge on any atom is -0.493 e. The highest BCUT2D eigenvalue weighted by atomic mass is 16.5. The molecule has 1 aromatic carbocycles. The van der Waals surface area contributed by atoms with Gasteiger partial charge in [-0.2, -0.15) is 0 Å². The molecular formula is C22H30O5. The van der Waals surface area contributed by atoms with Crippen LogP contribution in [0.1, 0.15) is 30.9 Å². The zero-order chi connectivity index (χ0) is 20.2. The number of carbonyl (C=O) groups excluding carboxylic acids is 1. The lowest BCUT2D eigenvalue weighted by Gasteiger charge is -2.18. The molecule has 5 heteroatoms. The van der Waals surface area contributed by atoms with Gasteiger partial charge < -0.3 is 18.9 Å². The molecule has 0 aliphatic heterocycles. The summed E-state index contributed by atoms with van der Waals surface area (Å²) in [5.41, 5.74) is 4.50. The van der Waals surface area contributed by atoms with Crippen LogP contribution >= 0.6 is 0 Å². The Hall–Kier alpha value is -2.53. The van der Waals surface area contributed by atoms with E-state index in [1.54, 1.807) is 34.5 Å². The molecule has 27 heavy (non-hydrogen) atoms. The number of hydrogen-bond acceptors (Lipinski definition) is 5. The first-order valence-electron chi connectivity index (χ1n) is 8.82. The highest BCUT2D eigenvalue weighted by Gasteiger charge is 2.22. The maximum absolute atomic E-state index is 11.0. The van der Waals surface area contributed by atoms with Crippen LogP contribution in [0.15, 0.2) is 41.7 Å². The Morgan fingerprint density at radius 2 is 1.74 bits per heavy atom. The highest BCUT2D eigenvalue weighted by molar-refractivity contribution is 5.87. The summed E-state index contributed by atoms with van der Waals surface area (Å²) in [5.74, 6) is 1.71. The van der Waals surface area contributed by atoms with Gasteiger partial charge in [0.1, 0.15) is 0 Å². The van der Waals surface area contributed by atoms with Crippen LogP contribution in [0.25, 0.3) is 5.57 Å². The summed E-state index contributed by atoms with van der Waals surface area (Å²) in [6, 6.07) is 4.03. The first kappa shape index (κ1) is 22.5. The number of benzene rings is 1. The molecule has 1 aromatic rings. The Bertz CT molecular complexity index is 714. The molecule has 0 fully saturated rings. The molecule has 5 nitrogen and oxygen atoms in total. The van der Waals surface area contributed by atoms with Crippen molar-refractivity contribution >= 4 is 11.9 Å². The number of hydrogen-bond donors (Lipinski definition) is 0. The summed E-state index contributed by atoms with van der Waals surface area (Å²) in [5, 5.41) is 0. The normalized spacial score (nSPS) is 16.7. The molecule has 0 bridgehead atoms. The van der Waals surface area contributed by atoms with Crippen molar-refractivity contribution in [2.75, 3.05) is 35.5 Å². The predicted molar refractivity (Wildman–Crippen MR) is 108 cm³/mol. The minimum atomic E-state index is 0.283. The molecule has 1 aliphatic rings. The number of ether oxygens (including phenoxy) is 4. The molecule has 1 aliphatic carbocycles. The van der Waals surface area contributed by atoms with Gasteiger partial charge in [0.05, 0.1) is 21.3 Å². The number of aryl methyl sites for hydroxylation is 1. The zero-order valence-electron chi connectivity index (χ0n) is 17.1. The van der Waals surface area contributed by atoms with Crippen LogP contribution in [0, 0.1) is 0 Å². The third kappa shape index (κ3) is 5.73. The van der Waals surface area contributed by atoms with Crippen molar-refractivity contribution in [3.05, 3.63) is 52.8 Å². The molecule has 0 atom stereocenters. The quantitative estimate of drug-likeness (QED) is 0.332. The van der Waals surface area contributed by atoms with Crippen molar-refractivity contribution in [1.82, 2.24) is 0 Å². The second kappa shape index (κ2) is 12.0. The lowest BCUT2D eigenvalue weighted by molar-refractivity contribution is -0.107.